The normalized spacial score (nSPS) is 7.50. The Balaban J connectivity index is 0. The van der Waals surface area contributed by atoms with Crippen LogP contribution in [-0.4, -0.2) is 15.6 Å². The Morgan fingerprint density at radius 2 is 1.50 bits per heavy atom. The second-order valence-corrected chi connectivity index (χ2v) is 1.24. The molecule has 0 saturated heterocycles. The van der Waals surface area contributed by atoms with Gasteiger partial charge < -0.3 is 5.73 Å². The SMILES string of the molecule is CC(C)N.[SiH3]Cl. The van der Waals surface area contributed by atoms with Crippen molar-refractivity contribution >= 4 is 20.6 Å². The summed E-state index contributed by atoms with van der Waals surface area (Å²) in [6.45, 7) is 3.89. The van der Waals surface area contributed by atoms with Gasteiger partial charge in [0.05, 0.1) is 0 Å². The first-order valence-corrected chi connectivity index (χ1v) is 4.89. The Labute approximate surface area is 47.0 Å². The third-order valence-corrected chi connectivity index (χ3v) is 0. The van der Waals surface area contributed by atoms with Gasteiger partial charge in [0, 0.05) is 0 Å². The predicted molar refractivity (Wildman–Crippen MR) is 35.1 cm³/mol. The van der Waals surface area contributed by atoms with Gasteiger partial charge in [0.1, 0.15) is 9.55 Å². The van der Waals surface area contributed by atoms with Crippen LogP contribution in [0.3, 0.4) is 0 Å². The van der Waals surface area contributed by atoms with Crippen LogP contribution in [-0.2, 0) is 0 Å². The summed E-state index contributed by atoms with van der Waals surface area (Å²) >= 11 is 4.78. The first-order chi connectivity index (χ1) is 2.73. The average Bonchev–Trinajstić information content (AvgIpc) is 1.41. The van der Waals surface area contributed by atoms with Crippen molar-refractivity contribution in [2.24, 2.45) is 5.73 Å². The maximum Gasteiger partial charge on any atom is 0.109 e. The largest absolute Gasteiger partial charge is 0.328 e. The monoisotopic (exact) mass is 125 g/mol. The van der Waals surface area contributed by atoms with Crippen LogP contribution in [0.15, 0.2) is 0 Å². The fourth-order valence-electron chi connectivity index (χ4n) is 0. The summed E-state index contributed by atoms with van der Waals surface area (Å²) in [4.78, 5) is 0. The minimum atomic E-state index is 0.333. The van der Waals surface area contributed by atoms with E-state index in [0.717, 1.165) is 9.55 Å². The minimum absolute atomic E-state index is 0.333. The molecule has 0 aromatic carbocycles. The van der Waals surface area contributed by atoms with Crippen LogP contribution in [0.1, 0.15) is 13.8 Å². The first-order valence-electron chi connectivity index (χ1n) is 1.87. The van der Waals surface area contributed by atoms with E-state index in [1.165, 1.54) is 0 Å². The van der Waals surface area contributed by atoms with Gasteiger partial charge in [-0.2, -0.15) is 11.1 Å². The summed E-state index contributed by atoms with van der Waals surface area (Å²) in [6.07, 6.45) is 0. The summed E-state index contributed by atoms with van der Waals surface area (Å²) in [7, 11) is 0.778. The van der Waals surface area contributed by atoms with Crippen LogP contribution in [0, 0.1) is 0 Å². The highest BCUT2D eigenvalue weighted by Crippen LogP contribution is 1.58. The summed E-state index contributed by atoms with van der Waals surface area (Å²) in [5, 5.41) is 0. The molecule has 1 nitrogen and oxygen atoms in total. The van der Waals surface area contributed by atoms with Gasteiger partial charge in [0.2, 0.25) is 0 Å². The van der Waals surface area contributed by atoms with E-state index in [2.05, 4.69) is 0 Å². The maximum absolute atomic E-state index is 5.11. The highest BCUT2D eigenvalue weighted by molar-refractivity contribution is 6.80. The Hall–Kier alpha value is 0.467. The van der Waals surface area contributed by atoms with Crippen molar-refractivity contribution in [1.29, 1.82) is 0 Å². The van der Waals surface area contributed by atoms with Crippen LogP contribution < -0.4 is 5.73 Å². The Morgan fingerprint density at radius 1 is 1.50 bits per heavy atom. The maximum atomic E-state index is 5.11. The molecule has 0 aromatic rings. The van der Waals surface area contributed by atoms with E-state index in [0.29, 0.717) is 6.04 Å². The number of rotatable bonds is 0. The van der Waals surface area contributed by atoms with Gasteiger partial charge in [-0.1, -0.05) is 13.8 Å². The fraction of sp³-hybridized carbons (Fsp3) is 1.00. The molecule has 40 valence electrons. The van der Waals surface area contributed by atoms with E-state index in [1.807, 2.05) is 13.8 Å². The van der Waals surface area contributed by atoms with Crippen molar-refractivity contribution in [2.45, 2.75) is 19.9 Å². The van der Waals surface area contributed by atoms with Gasteiger partial charge in [-0.25, -0.2) is 0 Å². The Bertz CT molecular complexity index is 15.5. The van der Waals surface area contributed by atoms with Crippen LogP contribution >= 0.6 is 11.1 Å². The molecule has 0 saturated carbocycles. The molecule has 6 heavy (non-hydrogen) atoms. The molecule has 0 aliphatic rings. The van der Waals surface area contributed by atoms with E-state index >= 15 is 0 Å². The fourth-order valence-corrected chi connectivity index (χ4v) is 0. The summed E-state index contributed by atoms with van der Waals surface area (Å²) in [6, 6.07) is 0.333. The Kier molecular flexibility index (Phi) is 14.7. The second kappa shape index (κ2) is 9.08. The van der Waals surface area contributed by atoms with E-state index in [4.69, 9.17) is 16.8 Å². The topological polar surface area (TPSA) is 26.0 Å². The molecule has 0 amide bonds. The van der Waals surface area contributed by atoms with Gasteiger partial charge in [0.15, 0.2) is 0 Å². The number of hydrogen-bond acceptors (Lipinski definition) is 1. The van der Waals surface area contributed by atoms with Crippen LogP contribution in [0.5, 0.6) is 0 Å². The van der Waals surface area contributed by atoms with Gasteiger partial charge in [0.25, 0.3) is 0 Å². The number of nitrogens with two attached hydrogens (primary N) is 1. The average molecular weight is 126 g/mol. The zero-order valence-electron chi connectivity index (χ0n) is 4.53. The molecule has 0 aromatic heterocycles. The quantitative estimate of drug-likeness (QED) is 0.354. The summed E-state index contributed by atoms with van der Waals surface area (Å²) in [5.41, 5.74) is 5.11. The molecule has 0 bridgehead atoms. The third kappa shape index (κ3) is 246. The van der Waals surface area contributed by atoms with Crippen molar-refractivity contribution in [2.75, 3.05) is 0 Å². The first kappa shape index (κ1) is 9.69. The number of halogens is 1. The molecule has 0 radical (unpaired) electrons. The molecule has 2 N–H and O–H groups in total. The van der Waals surface area contributed by atoms with Crippen LogP contribution in [0.25, 0.3) is 0 Å². The van der Waals surface area contributed by atoms with Crippen molar-refractivity contribution in [3.63, 3.8) is 0 Å². The van der Waals surface area contributed by atoms with Gasteiger partial charge >= 0.3 is 0 Å². The highest BCUT2D eigenvalue weighted by Gasteiger charge is 1.67. The Morgan fingerprint density at radius 3 is 1.50 bits per heavy atom. The molecule has 0 unspecified atom stereocenters. The zero-order valence-corrected chi connectivity index (χ0v) is 7.29. The van der Waals surface area contributed by atoms with Crippen molar-refractivity contribution in [1.82, 2.24) is 0 Å². The van der Waals surface area contributed by atoms with Gasteiger partial charge in [-0.3, -0.25) is 0 Å². The van der Waals surface area contributed by atoms with E-state index in [1.54, 1.807) is 0 Å². The lowest BCUT2D eigenvalue weighted by Crippen LogP contribution is -2.06. The molecule has 0 aliphatic heterocycles. The minimum Gasteiger partial charge on any atom is -0.328 e. The smallest absolute Gasteiger partial charge is 0.109 e. The van der Waals surface area contributed by atoms with E-state index in [-0.39, 0.29) is 0 Å². The zero-order chi connectivity index (χ0) is 5.58. The van der Waals surface area contributed by atoms with Crippen molar-refractivity contribution in [3.05, 3.63) is 0 Å². The lowest BCUT2D eigenvalue weighted by atomic mass is 10.5. The van der Waals surface area contributed by atoms with E-state index in [9.17, 15) is 0 Å². The lowest BCUT2D eigenvalue weighted by molar-refractivity contribution is 0.834. The molecule has 0 spiro atoms. The van der Waals surface area contributed by atoms with Gasteiger partial charge in [-0.05, 0) is 6.04 Å². The van der Waals surface area contributed by atoms with Crippen LogP contribution in [0.4, 0.5) is 0 Å². The molecular formula is C3H12ClNSi. The van der Waals surface area contributed by atoms with Gasteiger partial charge in [-0.15, -0.1) is 0 Å². The van der Waals surface area contributed by atoms with E-state index < -0.39 is 0 Å². The predicted octanol–water partition coefficient (Wildman–Crippen LogP) is -0.141. The lowest BCUT2D eigenvalue weighted by Gasteiger charge is -1.81. The molecule has 0 rings (SSSR count). The van der Waals surface area contributed by atoms with Crippen molar-refractivity contribution in [3.8, 4) is 0 Å². The second-order valence-electron chi connectivity index (χ2n) is 1.24. The molecule has 0 aliphatic carbocycles. The molecule has 0 heterocycles. The molecule has 0 atom stereocenters. The third-order valence-electron chi connectivity index (χ3n) is 0. The molecule has 3 heteroatoms. The van der Waals surface area contributed by atoms with Crippen LogP contribution in [0.2, 0.25) is 0 Å². The summed E-state index contributed by atoms with van der Waals surface area (Å²) < 4.78 is 0. The summed E-state index contributed by atoms with van der Waals surface area (Å²) in [5.74, 6) is 0. The highest BCUT2D eigenvalue weighted by atomic mass is 35.6. The number of hydrogen-bond donors (Lipinski definition) is 1. The molecule has 0 fully saturated rings. The van der Waals surface area contributed by atoms with Crippen molar-refractivity contribution < 1.29 is 0 Å². The molecular weight excluding hydrogens is 114 g/mol. The standard InChI is InChI=1S/C3H9N.ClH3Si/c1-3(2)4;1-2/h3H,4H2,1-2H3;2H3.